The van der Waals surface area contributed by atoms with Gasteiger partial charge in [-0.15, -0.1) is 10.2 Å². The second-order valence-electron chi connectivity index (χ2n) is 6.25. The average Bonchev–Trinajstić information content (AvgIpc) is 3.27. The van der Waals surface area contributed by atoms with Crippen LogP contribution in [0.2, 0.25) is 0 Å². The number of para-hydroxylation sites is 1. The van der Waals surface area contributed by atoms with Gasteiger partial charge in [0.1, 0.15) is 5.75 Å². The molecule has 0 spiro atoms. The van der Waals surface area contributed by atoms with Crippen LogP contribution >= 0.6 is 0 Å². The van der Waals surface area contributed by atoms with Crippen LogP contribution in [-0.2, 0) is 4.79 Å². The summed E-state index contributed by atoms with van der Waals surface area (Å²) in [4.78, 5) is 16.9. The molecule has 1 aliphatic heterocycles. The molecule has 1 atom stereocenters. The number of nitrogens with one attached hydrogen (secondary N) is 1. The van der Waals surface area contributed by atoms with Gasteiger partial charge in [-0.1, -0.05) is 18.7 Å². The number of rotatable bonds is 3. The number of amides is 1. The summed E-state index contributed by atoms with van der Waals surface area (Å²) >= 11 is 0. The third-order valence-electron chi connectivity index (χ3n) is 4.69. The molecule has 3 aromatic rings. The Balaban J connectivity index is 1.64. The van der Waals surface area contributed by atoms with E-state index in [1.807, 2.05) is 23.1 Å². The lowest BCUT2D eigenvalue weighted by Gasteiger charge is -2.13. The fourth-order valence-corrected chi connectivity index (χ4v) is 3.34. The predicted molar refractivity (Wildman–Crippen MR) is 95.1 cm³/mol. The van der Waals surface area contributed by atoms with Crippen molar-refractivity contribution in [2.75, 3.05) is 13.1 Å². The SMILES string of the molecule is C=CC(=O)N1CC[C@H](c2cc3cc(-c4ccccc4O)nnc3[nH]2)C1. The predicted octanol–water partition coefficient (Wildman–Crippen LogP) is 2.83. The van der Waals surface area contributed by atoms with Crippen LogP contribution < -0.4 is 0 Å². The number of benzene rings is 1. The summed E-state index contributed by atoms with van der Waals surface area (Å²) in [6, 6.07) is 11.0. The minimum Gasteiger partial charge on any atom is -0.507 e. The van der Waals surface area contributed by atoms with Crippen LogP contribution in [0.4, 0.5) is 0 Å². The highest BCUT2D eigenvalue weighted by molar-refractivity contribution is 5.87. The van der Waals surface area contributed by atoms with E-state index in [2.05, 4.69) is 27.8 Å². The van der Waals surface area contributed by atoms with Crippen molar-refractivity contribution in [3.05, 3.63) is 54.7 Å². The first-order valence-electron chi connectivity index (χ1n) is 8.22. The van der Waals surface area contributed by atoms with Crippen molar-refractivity contribution in [1.82, 2.24) is 20.1 Å². The Morgan fingerprint density at radius 1 is 1.32 bits per heavy atom. The Morgan fingerprint density at radius 3 is 2.96 bits per heavy atom. The first-order chi connectivity index (χ1) is 12.2. The Labute approximate surface area is 144 Å². The third kappa shape index (κ3) is 2.76. The molecular formula is C19H18N4O2. The Morgan fingerprint density at radius 2 is 2.16 bits per heavy atom. The fourth-order valence-electron chi connectivity index (χ4n) is 3.34. The molecule has 2 N–H and O–H groups in total. The van der Waals surface area contributed by atoms with E-state index < -0.39 is 0 Å². The van der Waals surface area contributed by atoms with E-state index in [0.29, 0.717) is 23.4 Å². The van der Waals surface area contributed by atoms with Gasteiger partial charge in [-0.25, -0.2) is 0 Å². The molecule has 1 aromatic carbocycles. The standard InChI is InChI=1S/C19H18N4O2/c1-2-18(25)23-8-7-12(11-23)15-9-13-10-16(21-22-19(13)20-15)14-5-3-4-6-17(14)24/h2-6,9-10,12,24H,1,7-8,11H2,(H,20,22)/t12-/m0/s1. The van der Waals surface area contributed by atoms with Gasteiger partial charge in [-0.2, -0.15) is 0 Å². The van der Waals surface area contributed by atoms with Gasteiger partial charge in [0.25, 0.3) is 0 Å². The number of phenolic OH excluding ortho intramolecular Hbond substituents is 1. The summed E-state index contributed by atoms with van der Waals surface area (Å²) in [5, 5.41) is 19.4. The van der Waals surface area contributed by atoms with E-state index in [1.54, 1.807) is 12.1 Å². The van der Waals surface area contributed by atoms with Gasteiger partial charge in [-0.05, 0) is 36.8 Å². The summed E-state index contributed by atoms with van der Waals surface area (Å²) in [5.41, 5.74) is 3.05. The van der Waals surface area contributed by atoms with E-state index in [-0.39, 0.29) is 17.6 Å². The molecule has 25 heavy (non-hydrogen) atoms. The molecule has 0 bridgehead atoms. The van der Waals surface area contributed by atoms with Gasteiger partial charge in [0, 0.05) is 35.7 Å². The van der Waals surface area contributed by atoms with Gasteiger partial charge >= 0.3 is 0 Å². The van der Waals surface area contributed by atoms with Crippen LogP contribution in [0.15, 0.2) is 49.1 Å². The summed E-state index contributed by atoms with van der Waals surface area (Å²) in [7, 11) is 0. The lowest BCUT2D eigenvalue weighted by molar-refractivity contribution is -0.125. The topological polar surface area (TPSA) is 82.1 Å². The van der Waals surface area contributed by atoms with Crippen molar-refractivity contribution in [3.8, 4) is 17.0 Å². The van der Waals surface area contributed by atoms with Crippen LogP contribution in [0.25, 0.3) is 22.3 Å². The maximum Gasteiger partial charge on any atom is 0.245 e. The molecule has 6 heteroatoms. The Hall–Kier alpha value is -3.15. The van der Waals surface area contributed by atoms with Crippen molar-refractivity contribution in [2.24, 2.45) is 0 Å². The quantitative estimate of drug-likeness (QED) is 0.722. The summed E-state index contributed by atoms with van der Waals surface area (Å²) in [5.74, 6) is 0.410. The molecule has 1 fully saturated rings. The summed E-state index contributed by atoms with van der Waals surface area (Å²) in [6.45, 7) is 4.96. The molecule has 6 nitrogen and oxygen atoms in total. The number of hydrogen-bond acceptors (Lipinski definition) is 4. The molecule has 1 amide bonds. The number of aromatic nitrogens is 3. The number of nitrogens with zero attached hydrogens (tertiary/aromatic N) is 3. The van der Waals surface area contributed by atoms with Gasteiger partial charge in [0.05, 0.1) is 5.69 Å². The minimum absolute atomic E-state index is 0.0276. The highest BCUT2D eigenvalue weighted by atomic mass is 16.3. The fraction of sp³-hybridized carbons (Fsp3) is 0.211. The number of carbonyl (C=O) groups is 1. The van der Waals surface area contributed by atoms with E-state index >= 15 is 0 Å². The lowest BCUT2D eigenvalue weighted by atomic mass is 10.0. The van der Waals surface area contributed by atoms with Crippen molar-refractivity contribution in [1.29, 1.82) is 0 Å². The average molecular weight is 334 g/mol. The molecule has 0 unspecified atom stereocenters. The van der Waals surface area contributed by atoms with E-state index in [0.717, 1.165) is 24.0 Å². The zero-order valence-electron chi connectivity index (χ0n) is 13.6. The Bertz CT molecular complexity index is 963. The molecule has 2 aromatic heterocycles. The smallest absolute Gasteiger partial charge is 0.245 e. The van der Waals surface area contributed by atoms with Gasteiger partial charge in [0.2, 0.25) is 5.91 Å². The molecule has 0 saturated carbocycles. The molecule has 1 saturated heterocycles. The number of likely N-dealkylation sites (tertiary alicyclic amines) is 1. The number of aromatic hydroxyl groups is 1. The van der Waals surface area contributed by atoms with Crippen LogP contribution in [-0.4, -0.2) is 44.2 Å². The molecule has 0 aliphatic carbocycles. The molecule has 1 aliphatic rings. The highest BCUT2D eigenvalue weighted by Crippen LogP contribution is 2.31. The molecule has 3 heterocycles. The lowest BCUT2D eigenvalue weighted by Crippen LogP contribution is -2.26. The number of H-pyrrole nitrogens is 1. The van der Waals surface area contributed by atoms with Gasteiger partial charge in [0.15, 0.2) is 5.65 Å². The normalized spacial score (nSPS) is 17.1. The van der Waals surface area contributed by atoms with E-state index in [1.165, 1.54) is 6.08 Å². The molecule has 126 valence electrons. The molecular weight excluding hydrogens is 316 g/mol. The van der Waals surface area contributed by atoms with Crippen molar-refractivity contribution in [3.63, 3.8) is 0 Å². The highest BCUT2D eigenvalue weighted by Gasteiger charge is 2.27. The number of aromatic amines is 1. The number of phenols is 1. The van der Waals surface area contributed by atoms with Crippen molar-refractivity contribution < 1.29 is 9.90 Å². The first kappa shape index (κ1) is 15.4. The van der Waals surface area contributed by atoms with Crippen LogP contribution in [0, 0.1) is 0 Å². The maximum atomic E-state index is 11.7. The monoisotopic (exact) mass is 334 g/mol. The summed E-state index contributed by atoms with van der Waals surface area (Å²) < 4.78 is 0. The summed E-state index contributed by atoms with van der Waals surface area (Å²) in [6.07, 6.45) is 2.27. The first-order valence-corrected chi connectivity index (χ1v) is 8.22. The maximum absolute atomic E-state index is 11.7. The van der Waals surface area contributed by atoms with Crippen LogP contribution in [0.3, 0.4) is 0 Å². The number of hydrogen-bond donors (Lipinski definition) is 2. The third-order valence-corrected chi connectivity index (χ3v) is 4.69. The van der Waals surface area contributed by atoms with E-state index in [4.69, 9.17) is 0 Å². The number of fused-ring (bicyclic) bond motifs is 1. The largest absolute Gasteiger partial charge is 0.507 e. The number of carbonyl (C=O) groups excluding carboxylic acids is 1. The van der Waals surface area contributed by atoms with Crippen LogP contribution in [0.5, 0.6) is 5.75 Å². The minimum atomic E-state index is -0.0276. The Kier molecular flexibility index (Phi) is 3.72. The van der Waals surface area contributed by atoms with Crippen LogP contribution in [0.1, 0.15) is 18.0 Å². The van der Waals surface area contributed by atoms with Gasteiger partial charge < -0.3 is 15.0 Å². The van der Waals surface area contributed by atoms with E-state index in [9.17, 15) is 9.90 Å². The molecule has 0 radical (unpaired) electrons. The zero-order chi connectivity index (χ0) is 17.4. The zero-order valence-corrected chi connectivity index (χ0v) is 13.6. The second kappa shape index (κ2) is 6.05. The molecule has 4 rings (SSSR count). The van der Waals surface area contributed by atoms with Gasteiger partial charge in [-0.3, -0.25) is 4.79 Å². The van der Waals surface area contributed by atoms with Crippen molar-refractivity contribution in [2.45, 2.75) is 12.3 Å². The van der Waals surface area contributed by atoms with Crippen molar-refractivity contribution >= 4 is 16.9 Å². The second-order valence-corrected chi connectivity index (χ2v) is 6.25.